The maximum absolute atomic E-state index is 11.5. The summed E-state index contributed by atoms with van der Waals surface area (Å²) < 4.78 is 29.4. The Labute approximate surface area is 83.7 Å². The topological polar surface area (TPSA) is 66.8 Å². The van der Waals surface area contributed by atoms with Crippen LogP contribution >= 0.6 is 0 Å². The number of rotatable bonds is 2. The van der Waals surface area contributed by atoms with E-state index in [9.17, 15) is 13.5 Å². The zero-order valence-corrected chi connectivity index (χ0v) is 8.79. The van der Waals surface area contributed by atoms with Gasteiger partial charge in [0.15, 0.2) is 0 Å². The second-order valence-electron chi connectivity index (χ2n) is 4.03. The summed E-state index contributed by atoms with van der Waals surface area (Å²) in [5.74, 6) is 0.212. The molecular formula is C8H15NO4S. The monoisotopic (exact) mass is 221 g/mol. The Hall–Kier alpha value is -0.170. The minimum Gasteiger partial charge on any atom is -0.386 e. The van der Waals surface area contributed by atoms with E-state index in [2.05, 4.69) is 0 Å². The third-order valence-electron chi connectivity index (χ3n) is 2.76. The van der Waals surface area contributed by atoms with Crippen molar-refractivity contribution in [3.8, 4) is 0 Å². The normalized spacial score (nSPS) is 37.8. The summed E-state index contributed by atoms with van der Waals surface area (Å²) in [6.45, 7) is 1.49. The fraction of sp³-hybridized carbons (Fsp3) is 1.00. The molecule has 0 spiro atoms. The molecule has 2 rings (SSSR count). The molecule has 0 bridgehead atoms. The number of sulfonamides is 1. The van der Waals surface area contributed by atoms with E-state index in [1.807, 2.05) is 0 Å². The average Bonchev–Trinajstić information content (AvgIpc) is 2.61. The van der Waals surface area contributed by atoms with Crippen molar-refractivity contribution in [3.05, 3.63) is 0 Å². The number of hydrogen-bond acceptors (Lipinski definition) is 4. The van der Waals surface area contributed by atoms with E-state index in [1.54, 1.807) is 0 Å². The van der Waals surface area contributed by atoms with Crippen LogP contribution in [0, 0.1) is 0 Å². The van der Waals surface area contributed by atoms with Gasteiger partial charge in [0, 0.05) is 26.1 Å². The molecule has 5 nitrogen and oxygen atoms in total. The molecule has 1 atom stereocenters. The van der Waals surface area contributed by atoms with Gasteiger partial charge in [-0.15, -0.1) is 0 Å². The van der Waals surface area contributed by atoms with Crippen LogP contribution in [0.4, 0.5) is 0 Å². The molecule has 1 N–H and O–H groups in total. The molecule has 6 heteroatoms. The summed E-state index contributed by atoms with van der Waals surface area (Å²) in [6, 6.07) is 0. The van der Waals surface area contributed by atoms with Crippen molar-refractivity contribution in [2.24, 2.45) is 0 Å². The molecule has 2 aliphatic rings. The van der Waals surface area contributed by atoms with Crippen LogP contribution in [-0.2, 0) is 14.8 Å². The van der Waals surface area contributed by atoms with Gasteiger partial charge in [0.1, 0.15) is 5.60 Å². The van der Waals surface area contributed by atoms with Crippen LogP contribution in [0.2, 0.25) is 0 Å². The summed E-state index contributed by atoms with van der Waals surface area (Å²) in [7, 11) is -3.09. The van der Waals surface area contributed by atoms with E-state index < -0.39 is 15.6 Å². The van der Waals surface area contributed by atoms with Crippen molar-refractivity contribution in [2.75, 3.05) is 32.1 Å². The number of nitrogens with zero attached hydrogens (tertiary/aromatic N) is 1. The summed E-state index contributed by atoms with van der Waals surface area (Å²) in [4.78, 5) is 0. The van der Waals surface area contributed by atoms with Gasteiger partial charge in [-0.05, 0) is 6.42 Å². The standard InChI is InChI=1S/C8H15NO4S/c10-8(2-4-13-7-8)6-9-3-1-5-14(9,11)12/h10H,1-7H2. The Balaban J connectivity index is 2.03. The minimum atomic E-state index is -3.09. The Morgan fingerprint density at radius 2 is 2.29 bits per heavy atom. The van der Waals surface area contributed by atoms with Crippen molar-refractivity contribution in [3.63, 3.8) is 0 Å². The van der Waals surface area contributed by atoms with Gasteiger partial charge in [-0.2, -0.15) is 4.31 Å². The quantitative estimate of drug-likeness (QED) is 0.661. The Kier molecular flexibility index (Phi) is 2.55. The summed E-state index contributed by atoms with van der Waals surface area (Å²) >= 11 is 0. The van der Waals surface area contributed by atoms with Gasteiger partial charge in [0.25, 0.3) is 0 Å². The van der Waals surface area contributed by atoms with Gasteiger partial charge >= 0.3 is 0 Å². The summed E-state index contributed by atoms with van der Waals surface area (Å²) in [6.07, 6.45) is 1.19. The molecule has 0 aliphatic carbocycles. The largest absolute Gasteiger partial charge is 0.386 e. The molecule has 0 aromatic carbocycles. The van der Waals surface area contributed by atoms with Crippen LogP contribution in [0.15, 0.2) is 0 Å². The van der Waals surface area contributed by atoms with Crippen molar-refractivity contribution in [2.45, 2.75) is 18.4 Å². The number of β-amino-alcohol motifs (C(OH)–C–C–N with tert-alkyl or cyclic N) is 1. The maximum atomic E-state index is 11.5. The van der Waals surface area contributed by atoms with Crippen LogP contribution in [0.1, 0.15) is 12.8 Å². The molecule has 82 valence electrons. The lowest BCUT2D eigenvalue weighted by atomic mass is 10.0. The third kappa shape index (κ3) is 1.93. The van der Waals surface area contributed by atoms with E-state index >= 15 is 0 Å². The van der Waals surface area contributed by atoms with Crippen LogP contribution in [-0.4, -0.2) is 55.5 Å². The Morgan fingerprint density at radius 1 is 1.50 bits per heavy atom. The number of ether oxygens (including phenoxy) is 1. The molecule has 2 heterocycles. The van der Waals surface area contributed by atoms with Gasteiger partial charge < -0.3 is 9.84 Å². The van der Waals surface area contributed by atoms with Gasteiger partial charge in [0.2, 0.25) is 10.0 Å². The predicted octanol–water partition coefficient (Wildman–Crippen LogP) is -0.827. The Bertz CT molecular complexity index is 307. The van der Waals surface area contributed by atoms with Crippen LogP contribution in [0.25, 0.3) is 0 Å². The van der Waals surface area contributed by atoms with Crippen molar-refractivity contribution < 1.29 is 18.3 Å². The number of hydrogen-bond donors (Lipinski definition) is 1. The molecule has 0 aromatic heterocycles. The predicted molar refractivity (Wildman–Crippen MR) is 50.4 cm³/mol. The second kappa shape index (κ2) is 3.44. The highest BCUT2D eigenvalue weighted by Crippen LogP contribution is 2.23. The molecule has 1 unspecified atom stereocenters. The molecular weight excluding hydrogens is 206 g/mol. The van der Waals surface area contributed by atoms with E-state index in [0.717, 1.165) is 0 Å². The van der Waals surface area contributed by atoms with E-state index in [1.165, 1.54) is 4.31 Å². The lowest BCUT2D eigenvalue weighted by molar-refractivity contribution is 0.0132. The zero-order chi connectivity index (χ0) is 10.2. The lowest BCUT2D eigenvalue weighted by Gasteiger charge is -2.25. The number of aliphatic hydroxyl groups is 1. The maximum Gasteiger partial charge on any atom is 0.214 e. The molecule has 2 saturated heterocycles. The van der Waals surface area contributed by atoms with Crippen LogP contribution in [0.5, 0.6) is 0 Å². The Morgan fingerprint density at radius 3 is 2.79 bits per heavy atom. The molecule has 0 aromatic rings. The highest BCUT2D eigenvalue weighted by molar-refractivity contribution is 7.89. The average molecular weight is 221 g/mol. The molecule has 0 amide bonds. The van der Waals surface area contributed by atoms with Crippen molar-refractivity contribution in [1.29, 1.82) is 0 Å². The van der Waals surface area contributed by atoms with Gasteiger partial charge in [-0.3, -0.25) is 0 Å². The first kappa shape index (κ1) is 10.4. The van der Waals surface area contributed by atoms with Gasteiger partial charge in [-0.25, -0.2) is 8.42 Å². The SMILES string of the molecule is O=S1(=O)CCCN1CC1(O)CCOC1. The first-order valence-corrected chi connectivity index (χ1v) is 6.41. The minimum absolute atomic E-state index is 0.190. The van der Waals surface area contributed by atoms with Crippen molar-refractivity contribution >= 4 is 10.0 Å². The summed E-state index contributed by atoms with van der Waals surface area (Å²) in [5.41, 5.74) is -0.961. The highest BCUT2D eigenvalue weighted by Gasteiger charge is 2.39. The fourth-order valence-electron chi connectivity index (χ4n) is 1.92. The van der Waals surface area contributed by atoms with Crippen molar-refractivity contribution in [1.82, 2.24) is 4.31 Å². The highest BCUT2D eigenvalue weighted by atomic mass is 32.2. The first-order chi connectivity index (χ1) is 6.52. The molecule has 2 aliphatic heterocycles. The van der Waals surface area contributed by atoms with E-state index in [4.69, 9.17) is 4.74 Å². The van der Waals surface area contributed by atoms with E-state index in [0.29, 0.717) is 26.0 Å². The molecule has 2 fully saturated rings. The van der Waals surface area contributed by atoms with E-state index in [-0.39, 0.29) is 18.9 Å². The van der Waals surface area contributed by atoms with Crippen LogP contribution < -0.4 is 0 Å². The second-order valence-corrected chi connectivity index (χ2v) is 6.12. The molecule has 0 radical (unpaired) electrons. The smallest absolute Gasteiger partial charge is 0.214 e. The van der Waals surface area contributed by atoms with Gasteiger partial charge in [-0.1, -0.05) is 0 Å². The summed E-state index contributed by atoms with van der Waals surface area (Å²) in [5, 5.41) is 9.95. The first-order valence-electron chi connectivity index (χ1n) is 4.80. The van der Waals surface area contributed by atoms with Crippen LogP contribution in [0.3, 0.4) is 0 Å². The lowest BCUT2D eigenvalue weighted by Crippen LogP contribution is -2.44. The molecule has 0 saturated carbocycles. The third-order valence-corrected chi connectivity index (χ3v) is 4.66. The van der Waals surface area contributed by atoms with Gasteiger partial charge in [0.05, 0.1) is 12.4 Å². The molecule has 14 heavy (non-hydrogen) atoms. The zero-order valence-electron chi connectivity index (χ0n) is 7.98. The fourth-order valence-corrected chi connectivity index (χ4v) is 3.51.